The van der Waals surface area contributed by atoms with Gasteiger partial charge in [-0.05, 0) is 48.2 Å². The van der Waals surface area contributed by atoms with Crippen LogP contribution in [0, 0.1) is 6.92 Å². The summed E-state index contributed by atoms with van der Waals surface area (Å²) in [6.45, 7) is 3.62. The molecular weight excluding hydrogens is 444 g/mol. The number of nitrogens with one attached hydrogen (secondary N) is 1. The maximum atomic E-state index is 13.1. The molecule has 0 saturated heterocycles. The van der Waals surface area contributed by atoms with Gasteiger partial charge in [0.1, 0.15) is 12.6 Å². The summed E-state index contributed by atoms with van der Waals surface area (Å²) in [6.07, 6.45) is -0.910. The highest BCUT2D eigenvalue weighted by molar-refractivity contribution is 5.98. The van der Waals surface area contributed by atoms with E-state index >= 15 is 0 Å². The number of carbonyl (C=O) groups is 3. The quantitative estimate of drug-likeness (QED) is 0.494. The number of anilines is 1. The number of nitrogens with zero attached hydrogens (tertiary/aromatic N) is 1. The monoisotopic (exact) mass is 472 g/mol. The number of carboxylic acid groups (broad SMARTS) is 1. The van der Waals surface area contributed by atoms with Crippen LogP contribution in [0.25, 0.3) is 11.1 Å². The number of hydrogen-bond donors (Lipinski definition) is 2. The Balaban J connectivity index is 1.41. The SMILES string of the molecule is Cc1ccc(N(CCC(=O)O)C(=O)[C@@H](C)NC(=O)OCC2c3ccccc3-c3ccccc32)cc1. The third-order valence-electron chi connectivity index (χ3n) is 6.21. The number of aryl methyl sites for hydroxylation is 1. The van der Waals surface area contributed by atoms with Crippen LogP contribution in [0.4, 0.5) is 10.5 Å². The number of alkyl carbamates (subject to hydrolysis) is 1. The van der Waals surface area contributed by atoms with Gasteiger partial charge in [-0.3, -0.25) is 9.59 Å². The molecule has 0 unspecified atom stereocenters. The fourth-order valence-corrected chi connectivity index (χ4v) is 4.41. The van der Waals surface area contributed by atoms with E-state index in [-0.39, 0.29) is 25.5 Å². The van der Waals surface area contributed by atoms with Gasteiger partial charge in [0.15, 0.2) is 0 Å². The molecule has 0 saturated carbocycles. The summed E-state index contributed by atoms with van der Waals surface area (Å²) >= 11 is 0. The second-order valence-corrected chi connectivity index (χ2v) is 8.66. The molecular formula is C28H28N2O5. The van der Waals surface area contributed by atoms with E-state index < -0.39 is 24.0 Å². The van der Waals surface area contributed by atoms with Gasteiger partial charge < -0.3 is 20.1 Å². The predicted molar refractivity (Wildman–Crippen MR) is 133 cm³/mol. The second-order valence-electron chi connectivity index (χ2n) is 8.66. The highest BCUT2D eigenvalue weighted by atomic mass is 16.5. The standard InChI is InChI=1S/C28H28N2O5/c1-18-11-13-20(14-12-18)30(16-15-26(31)32)27(33)19(2)29-28(34)35-17-25-23-9-5-3-7-21(23)22-8-4-6-10-24(22)25/h3-14,19,25H,15-17H2,1-2H3,(H,29,34)(H,31,32)/t19-/m1/s1. The Kier molecular flexibility index (Phi) is 7.15. The Morgan fingerprint density at radius 1 is 0.943 bits per heavy atom. The number of fused-ring (bicyclic) bond motifs is 3. The Bertz CT molecular complexity index is 1190. The normalized spacial score (nSPS) is 12.9. The van der Waals surface area contributed by atoms with Gasteiger partial charge in [-0.1, -0.05) is 66.2 Å². The smallest absolute Gasteiger partial charge is 0.407 e. The van der Waals surface area contributed by atoms with Crippen molar-refractivity contribution in [2.24, 2.45) is 0 Å². The molecule has 0 fully saturated rings. The van der Waals surface area contributed by atoms with Gasteiger partial charge in [0, 0.05) is 18.2 Å². The van der Waals surface area contributed by atoms with Crippen LogP contribution in [0.15, 0.2) is 72.8 Å². The number of benzene rings is 3. The van der Waals surface area contributed by atoms with Crippen molar-refractivity contribution in [3.8, 4) is 11.1 Å². The molecule has 2 amide bonds. The van der Waals surface area contributed by atoms with Crippen molar-refractivity contribution in [3.63, 3.8) is 0 Å². The summed E-state index contributed by atoms with van der Waals surface area (Å²) in [5.41, 5.74) is 6.06. The zero-order chi connectivity index (χ0) is 24.9. The maximum Gasteiger partial charge on any atom is 0.407 e. The molecule has 4 rings (SSSR count). The number of ether oxygens (including phenoxy) is 1. The van der Waals surface area contributed by atoms with Gasteiger partial charge in [-0.2, -0.15) is 0 Å². The summed E-state index contributed by atoms with van der Waals surface area (Å²) in [5, 5.41) is 11.7. The number of rotatable bonds is 8. The first-order chi connectivity index (χ1) is 16.8. The van der Waals surface area contributed by atoms with E-state index in [1.54, 1.807) is 19.1 Å². The first kappa shape index (κ1) is 24.0. The van der Waals surface area contributed by atoms with Crippen LogP contribution in [-0.4, -0.2) is 42.3 Å². The van der Waals surface area contributed by atoms with Crippen molar-refractivity contribution in [3.05, 3.63) is 89.5 Å². The lowest BCUT2D eigenvalue weighted by atomic mass is 9.98. The molecule has 1 aliphatic rings. The van der Waals surface area contributed by atoms with Crippen molar-refractivity contribution < 1.29 is 24.2 Å². The lowest BCUT2D eigenvalue weighted by Gasteiger charge is -2.26. The fraction of sp³-hybridized carbons (Fsp3) is 0.250. The molecule has 0 heterocycles. The van der Waals surface area contributed by atoms with E-state index in [4.69, 9.17) is 9.84 Å². The summed E-state index contributed by atoms with van der Waals surface area (Å²) < 4.78 is 5.54. The van der Waals surface area contributed by atoms with E-state index in [1.165, 1.54) is 4.90 Å². The minimum Gasteiger partial charge on any atom is -0.481 e. The lowest BCUT2D eigenvalue weighted by molar-refractivity contribution is -0.136. The molecule has 3 aromatic carbocycles. The summed E-state index contributed by atoms with van der Waals surface area (Å²) in [7, 11) is 0. The minimum atomic E-state index is -1.01. The number of aliphatic carboxylic acids is 1. The summed E-state index contributed by atoms with van der Waals surface area (Å²) in [4.78, 5) is 38.2. The first-order valence-corrected chi connectivity index (χ1v) is 11.6. The molecule has 180 valence electrons. The molecule has 1 atom stereocenters. The van der Waals surface area contributed by atoms with Crippen LogP contribution >= 0.6 is 0 Å². The molecule has 7 heteroatoms. The van der Waals surface area contributed by atoms with Crippen LogP contribution in [0.3, 0.4) is 0 Å². The third kappa shape index (κ3) is 5.35. The van der Waals surface area contributed by atoms with Gasteiger partial charge >= 0.3 is 12.1 Å². The van der Waals surface area contributed by atoms with Crippen molar-refractivity contribution >= 4 is 23.7 Å². The second kappa shape index (κ2) is 10.4. The maximum absolute atomic E-state index is 13.1. The molecule has 2 N–H and O–H groups in total. The van der Waals surface area contributed by atoms with Crippen LogP contribution in [0.1, 0.15) is 36.0 Å². The molecule has 0 radical (unpaired) electrons. The molecule has 0 bridgehead atoms. The van der Waals surface area contributed by atoms with Gasteiger partial charge in [0.25, 0.3) is 0 Å². The molecule has 35 heavy (non-hydrogen) atoms. The summed E-state index contributed by atoms with van der Waals surface area (Å²) in [6, 6.07) is 22.4. The molecule has 7 nitrogen and oxygen atoms in total. The van der Waals surface area contributed by atoms with E-state index in [2.05, 4.69) is 17.4 Å². The number of amides is 2. The minimum absolute atomic E-state index is 0.00601. The fourth-order valence-electron chi connectivity index (χ4n) is 4.41. The zero-order valence-corrected chi connectivity index (χ0v) is 19.7. The number of carboxylic acids is 1. The van der Waals surface area contributed by atoms with Crippen LogP contribution in [0.5, 0.6) is 0 Å². The average molecular weight is 473 g/mol. The van der Waals surface area contributed by atoms with Gasteiger partial charge in [-0.15, -0.1) is 0 Å². The Morgan fingerprint density at radius 2 is 1.51 bits per heavy atom. The molecule has 0 aliphatic heterocycles. The van der Waals surface area contributed by atoms with Crippen molar-refractivity contribution in [2.75, 3.05) is 18.1 Å². The highest BCUT2D eigenvalue weighted by Crippen LogP contribution is 2.44. The van der Waals surface area contributed by atoms with E-state index in [1.807, 2.05) is 55.5 Å². The van der Waals surface area contributed by atoms with Crippen molar-refractivity contribution in [1.29, 1.82) is 0 Å². The van der Waals surface area contributed by atoms with E-state index in [0.29, 0.717) is 5.69 Å². The predicted octanol–water partition coefficient (Wildman–Crippen LogP) is 4.73. The lowest BCUT2D eigenvalue weighted by Crippen LogP contribution is -2.48. The Labute approximate surface area is 204 Å². The Morgan fingerprint density at radius 3 is 2.09 bits per heavy atom. The van der Waals surface area contributed by atoms with E-state index in [9.17, 15) is 14.4 Å². The largest absolute Gasteiger partial charge is 0.481 e. The molecule has 0 aromatic heterocycles. The van der Waals surface area contributed by atoms with Crippen molar-refractivity contribution in [2.45, 2.75) is 32.2 Å². The molecule has 1 aliphatic carbocycles. The van der Waals surface area contributed by atoms with Crippen molar-refractivity contribution in [1.82, 2.24) is 5.32 Å². The molecule has 0 spiro atoms. The number of carbonyl (C=O) groups excluding carboxylic acids is 2. The Hall–Kier alpha value is -4.13. The van der Waals surface area contributed by atoms with Crippen LogP contribution in [0.2, 0.25) is 0 Å². The first-order valence-electron chi connectivity index (χ1n) is 11.6. The molecule has 3 aromatic rings. The van der Waals surface area contributed by atoms with E-state index in [0.717, 1.165) is 27.8 Å². The third-order valence-corrected chi connectivity index (χ3v) is 6.21. The van der Waals surface area contributed by atoms with Gasteiger partial charge in [0.05, 0.1) is 6.42 Å². The number of hydrogen-bond acceptors (Lipinski definition) is 4. The zero-order valence-electron chi connectivity index (χ0n) is 19.7. The van der Waals surface area contributed by atoms with Gasteiger partial charge in [0.2, 0.25) is 5.91 Å². The highest BCUT2D eigenvalue weighted by Gasteiger charge is 2.30. The average Bonchev–Trinajstić information content (AvgIpc) is 3.17. The van der Waals surface area contributed by atoms with Gasteiger partial charge in [-0.25, -0.2) is 4.79 Å². The topological polar surface area (TPSA) is 95.9 Å². The summed E-state index contributed by atoms with van der Waals surface area (Å²) in [5.74, 6) is -1.51. The van der Waals surface area contributed by atoms with Crippen LogP contribution in [-0.2, 0) is 14.3 Å². The van der Waals surface area contributed by atoms with Crippen LogP contribution < -0.4 is 10.2 Å².